The van der Waals surface area contributed by atoms with Crippen molar-refractivity contribution in [3.8, 4) is 0 Å². The molecule has 0 radical (unpaired) electrons. The Bertz CT molecular complexity index is 1310. The largest absolute Gasteiger partial charge is 0.463 e. The number of para-hydroxylation sites is 2. The Hall–Kier alpha value is -3.19. The molecule has 7 heteroatoms. The van der Waals surface area contributed by atoms with Crippen LogP contribution in [0.2, 0.25) is 0 Å². The Labute approximate surface area is 191 Å². The van der Waals surface area contributed by atoms with Crippen LogP contribution in [0.3, 0.4) is 0 Å². The molecule has 6 nitrogen and oxygen atoms in total. The summed E-state index contributed by atoms with van der Waals surface area (Å²) in [5.41, 5.74) is 8.90. The van der Waals surface area contributed by atoms with Gasteiger partial charge in [-0.1, -0.05) is 48.2 Å². The van der Waals surface area contributed by atoms with Gasteiger partial charge in [0.1, 0.15) is 5.41 Å². The Morgan fingerprint density at radius 1 is 1.06 bits per heavy atom. The van der Waals surface area contributed by atoms with E-state index >= 15 is 0 Å². The normalized spacial score (nSPS) is 19.6. The molecule has 0 saturated heterocycles. The predicted molar refractivity (Wildman–Crippen MR) is 127 cm³/mol. The van der Waals surface area contributed by atoms with Crippen molar-refractivity contribution in [2.24, 2.45) is 5.73 Å². The summed E-state index contributed by atoms with van der Waals surface area (Å²) in [5, 5.41) is 2.17. The molecule has 0 saturated carbocycles. The first kappa shape index (κ1) is 20.7. The van der Waals surface area contributed by atoms with Gasteiger partial charge in [0, 0.05) is 40.8 Å². The fourth-order valence-corrected chi connectivity index (χ4v) is 6.48. The number of aromatic nitrogens is 1. The second kappa shape index (κ2) is 7.45. The molecular formula is C25H25N3O3S. The number of rotatable bonds is 4. The molecule has 0 aliphatic carbocycles. The SMILES string of the molecule is CCOC(=O)C1=C(N)Sc2c(c3ccccc3n2CC)C12C(=O)N(CC)c1ccccc12. The van der Waals surface area contributed by atoms with E-state index in [1.165, 1.54) is 11.8 Å². The van der Waals surface area contributed by atoms with Crippen LogP contribution in [0.1, 0.15) is 31.9 Å². The van der Waals surface area contributed by atoms with E-state index in [2.05, 4.69) is 17.6 Å². The molecule has 3 heterocycles. The molecule has 0 bridgehead atoms. The van der Waals surface area contributed by atoms with Gasteiger partial charge in [-0.25, -0.2) is 4.79 Å². The van der Waals surface area contributed by atoms with E-state index in [0.29, 0.717) is 18.1 Å². The molecule has 5 rings (SSSR count). The van der Waals surface area contributed by atoms with Crippen LogP contribution >= 0.6 is 11.8 Å². The molecule has 2 aromatic carbocycles. The van der Waals surface area contributed by atoms with Gasteiger partial charge in [-0.05, 0) is 32.9 Å². The number of carbonyl (C=O) groups excluding carboxylic acids is 2. The highest BCUT2D eigenvalue weighted by molar-refractivity contribution is 8.03. The van der Waals surface area contributed by atoms with E-state index in [1.54, 1.807) is 11.8 Å². The van der Waals surface area contributed by atoms with Gasteiger partial charge in [-0.3, -0.25) is 4.79 Å². The zero-order valence-corrected chi connectivity index (χ0v) is 19.2. The van der Waals surface area contributed by atoms with Crippen LogP contribution in [0.4, 0.5) is 5.69 Å². The Balaban J connectivity index is 1.99. The average Bonchev–Trinajstić information content (AvgIpc) is 3.24. The number of thioether (sulfide) groups is 1. The number of aryl methyl sites for hydroxylation is 1. The molecule has 2 aliphatic rings. The maximum absolute atomic E-state index is 14.3. The molecule has 3 aromatic rings. The van der Waals surface area contributed by atoms with E-state index in [0.717, 1.165) is 32.7 Å². The average molecular weight is 448 g/mol. The Morgan fingerprint density at radius 3 is 2.50 bits per heavy atom. The smallest absolute Gasteiger partial charge is 0.338 e. The van der Waals surface area contributed by atoms with Gasteiger partial charge in [0.05, 0.1) is 22.2 Å². The van der Waals surface area contributed by atoms with Crippen LogP contribution < -0.4 is 10.6 Å². The van der Waals surface area contributed by atoms with Crippen molar-refractivity contribution in [1.29, 1.82) is 0 Å². The number of hydrogen-bond acceptors (Lipinski definition) is 5. The van der Waals surface area contributed by atoms with E-state index < -0.39 is 11.4 Å². The number of ether oxygens (including phenoxy) is 1. The lowest BCUT2D eigenvalue weighted by atomic mass is 9.69. The van der Waals surface area contributed by atoms with Crippen molar-refractivity contribution < 1.29 is 14.3 Å². The number of amides is 1. The van der Waals surface area contributed by atoms with Crippen molar-refractivity contribution in [3.05, 3.63) is 70.3 Å². The first-order valence-electron chi connectivity index (χ1n) is 10.9. The summed E-state index contributed by atoms with van der Waals surface area (Å²) in [6, 6.07) is 15.7. The summed E-state index contributed by atoms with van der Waals surface area (Å²) < 4.78 is 7.64. The molecule has 0 fully saturated rings. The second-order valence-corrected chi connectivity index (χ2v) is 8.85. The zero-order chi connectivity index (χ0) is 22.6. The number of nitrogens with two attached hydrogens (primary N) is 1. The van der Waals surface area contributed by atoms with Crippen molar-refractivity contribution in [1.82, 2.24) is 4.57 Å². The first-order valence-corrected chi connectivity index (χ1v) is 11.7. The van der Waals surface area contributed by atoms with Gasteiger partial charge < -0.3 is 19.9 Å². The van der Waals surface area contributed by atoms with Gasteiger partial charge in [0.2, 0.25) is 5.91 Å². The third-order valence-corrected chi connectivity index (χ3v) is 7.44. The number of benzene rings is 2. The van der Waals surface area contributed by atoms with Crippen LogP contribution in [0.25, 0.3) is 10.9 Å². The highest BCUT2D eigenvalue weighted by Gasteiger charge is 2.61. The second-order valence-electron chi connectivity index (χ2n) is 7.82. The summed E-state index contributed by atoms with van der Waals surface area (Å²) in [7, 11) is 0. The molecule has 32 heavy (non-hydrogen) atoms. The van der Waals surface area contributed by atoms with Crippen molar-refractivity contribution in [2.75, 3.05) is 18.1 Å². The summed E-state index contributed by atoms with van der Waals surface area (Å²) in [6.45, 7) is 7.18. The number of nitrogens with zero attached hydrogens (tertiary/aromatic N) is 2. The van der Waals surface area contributed by atoms with Crippen LogP contribution in [0.15, 0.2) is 64.2 Å². The van der Waals surface area contributed by atoms with Gasteiger partial charge in [0.15, 0.2) is 0 Å². The van der Waals surface area contributed by atoms with Gasteiger partial charge in [-0.2, -0.15) is 0 Å². The first-order chi connectivity index (χ1) is 15.5. The Kier molecular flexibility index (Phi) is 4.82. The molecule has 2 N–H and O–H groups in total. The van der Waals surface area contributed by atoms with Crippen LogP contribution in [0.5, 0.6) is 0 Å². The van der Waals surface area contributed by atoms with E-state index in [4.69, 9.17) is 10.5 Å². The standard InChI is InChI=1S/C25H25N3O3S/c1-4-27-17-13-9-7-11-15(17)19-22(27)32-21(26)20(23(29)31-6-3)25(19)16-12-8-10-14-18(16)28(5-2)24(25)30/h7-14H,4-6,26H2,1-3H3. The predicted octanol–water partition coefficient (Wildman–Crippen LogP) is 4.15. The minimum Gasteiger partial charge on any atom is -0.463 e. The van der Waals surface area contributed by atoms with Crippen LogP contribution in [-0.4, -0.2) is 29.6 Å². The van der Waals surface area contributed by atoms with E-state index in [-0.39, 0.29) is 18.1 Å². The maximum Gasteiger partial charge on any atom is 0.338 e. The minimum atomic E-state index is -1.34. The third-order valence-electron chi connectivity index (χ3n) is 6.40. The summed E-state index contributed by atoms with van der Waals surface area (Å²) in [4.78, 5) is 29.5. The lowest BCUT2D eigenvalue weighted by molar-refractivity contribution is -0.140. The van der Waals surface area contributed by atoms with Gasteiger partial charge in [0.25, 0.3) is 0 Å². The number of esters is 1. The van der Waals surface area contributed by atoms with Crippen molar-refractivity contribution in [3.63, 3.8) is 0 Å². The molecule has 164 valence electrons. The van der Waals surface area contributed by atoms with Crippen molar-refractivity contribution in [2.45, 2.75) is 37.8 Å². The fraction of sp³-hybridized carbons (Fsp3) is 0.280. The zero-order valence-electron chi connectivity index (χ0n) is 18.3. The molecule has 1 amide bonds. The van der Waals surface area contributed by atoms with E-state index in [1.807, 2.05) is 49.4 Å². The lowest BCUT2D eigenvalue weighted by Gasteiger charge is -2.35. The number of hydrogen-bond donors (Lipinski definition) is 1. The fourth-order valence-electron chi connectivity index (χ4n) is 5.23. The van der Waals surface area contributed by atoms with Crippen molar-refractivity contribution >= 4 is 40.2 Å². The third kappa shape index (κ3) is 2.43. The highest BCUT2D eigenvalue weighted by atomic mass is 32.2. The molecule has 1 atom stereocenters. The monoisotopic (exact) mass is 447 g/mol. The van der Waals surface area contributed by atoms with Gasteiger partial charge in [-0.15, -0.1) is 0 Å². The number of carbonyl (C=O) groups is 2. The number of likely N-dealkylation sites (N-methyl/N-ethyl adjacent to an activating group) is 1. The Morgan fingerprint density at radius 2 is 1.78 bits per heavy atom. The molecule has 2 aliphatic heterocycles. The summed E-state index contributed by atoms with van der Waals surface area (Å²) in [6.07, 6.45) is 0. The molecule has 1 aromatic heterocycles. The van der Waals surface area contributed by atoms with E-state index in [9.17, 15) is 9.59 Å². The molecular weight excluding hydrogens is 422 g/mol. The number of fused-ring (bicyclic) bond motifs is 6. The topological polar surface area (TPSA) is 77.6 Å². The lowest BCUT2D eigenvalue weighted by Crippen LogP contribution is -2.47. The molecule has 1 unspecified atom stereocenters. The van der Waals surface area contributed by atoms with Crippen LogP contribution in [0, 0.1) is 0 Å². The summed E-state index contributed by atoms with van der Waals surface area (Å²) >= 11 is 1.35. The van der Waals surface area contributed by atoms with Gasteiger partial charge >= 0.3 is 5.97 Å². The quantitative estimate of drug-likeness (QED) is 0.608. The number of anilines is 1. The maximum atomic E-state index is 14.3. The van der Waals surface area contributed by atoms with Crippen LogP contribution in [-0.2, 0) is 26.3 Å². The molecule has 1 spiro atoms. The minimum absolute atomic E-state index is 0.159. The highest BCUT2D eigenvalue weighted by Crippen LogP contribution is 2.59. The summed E-state index contributed by atoms with van der Waals surface area (Å²) in [5.74, 6) is -0.703.